The summed E-state index contributed by atoms with van der Waals surface area (Å²) >= 11 is 0. The van der Waals surface area contributed by atoms with Gasteiger partial charge >= 0.3 is 6.09 Å². The molecule has 1 fully saturated rings. The standard InChI is InChI=1S/C20H31N3O7S/c1-14(2)12-16(21-20(25)30-5)19(24)22-8-10-23(11-9-22)31(26,27)18-13-15(28-3)6-7-17(18)29-4/h6-7,13-14,16H,8-12H2,1-5H3,(H,21,25). The van der Waals surface area contributed by atoms with Gasteiger partial charge in [-0.2, -0.15) is 4.31 Å². The summed E-state index contributed by atoms with van der Waals surface area (Å²) in [5.41, 5.74) is 0. The van der Waals surface area contributed by atoms with E-state index in [0.717, 1.165) is 0 Å². The van der Waals surface area contributed by atoms with E-state index in [1.54, 1.807) is 17.0 Å². The Labute approximate surface area is 183 Å². The van der Waals surface area contributed by atoms with Crippen molar-refractivity contribution >= 4 is 22.0 Å². The lowest BCUT2D eigenvalue weighted by Crippen LogP contribution is -2.56. The fraction of sp³-hybridized carbons (Fsp3) is 0.600. The number of rotatable bonds is 8. The molecule has 0 bridgehead atoms. The number of ether oxygens (including phenoxy) is 3. The van der Waals surface area contributed by atoms with Crippen molar-refractivity contribution in [1.29, 1.82) is 0 Å². The van der Waals surface area contributed by atoms with E-state index < -0.39 is 22.2 Å². The second kappa shape index (κ2) is 10.7. The summed E-state index contributed by atoms with van der Waals surface area (Å²) in [7, 11) is 0.251. The molecule has 1 atom stereocenters. The fourth-order valence-corrected chi connectivity index (χ4v) is 4.98. The highest BCUT2D eigenvalue weighted by Crippen LogP contribution is 2.31. The van der Waals surface area contributed by atoms with Crippen LogP contribution in [0.2, 0.25) is 0 Å². The summed E-state index contributed by atoms with van der Waals surface area (Å²) in [6.45, 7) is 4.57. The van der Waals surface area contributed by atoms with Crippen LogP contribution >= 0.6 is 0 Å². The van der Waals surface area contributed by atoms with Crippen molar-refractivity contribution in [1.82, 2.24) is 14.5 Å². The first-order valence-corrected chi connectivity index (χ1v) is 11.4. The molecular formula is C20H31N3O7S. The van der Waals surface area contributed by atoms with Crippen molar-refractivity contribution in [2.75, 3.05) is 47.5 Å². The van der Waals surface area contributed by atoms with Crippen LogP contribution in [0.5, 0.6) is 11.5 Å². The molecule has 1 unspecified atom stereocenters. The average molecular weight is 458 g/mol. The van der Waals surface area contributed by atoms with E-state index in [1.807, 2.05) is 13.8 Å². The van der Waals surface area contributed by atoms with Gasteiger partial charge in [0.05, 0.1) is 21.3 Å². The first-order chi connectivity index (χ1) is 14.6. The molecule has 1 aromatic carbocycles. The van der Waals surface area contributed by atoms with Gasteiger partial charge in [-0.25, -0.2) is 13.2 Å². The lowest BCUT2D eigenvalue weighted by atomic mass is 10.0. The number of amides is 2. The third kappa shape index (κ3) is 6.01. The van der Waals surface area contributed by atoms with Crippen molar-refractivity contribution < 1.29 is 32.2 Å². The maximum Gasteiger partial charge on any atom is 0.407 e. The molecule has 1 aliphatic heterocycles. The first kappa shape index (κ1) is 24.7. The molecule has 1 saturated heterocycles. The summed E-state index contributed by atoms with van der Waals surface area (Å²) in [5, 5.41) is 2.58. The Balaban J connectivity index is 2.13. The summed E-state index contributed by atoms with van der Waals surface area (Å²) in [6, 6.07) is 3.86. The smallest absolute Gasteiger partial charge is 0.407 e. The van der Waals surface area contributed by atoms with Crippen LogP contribution in [0.4, 0.5) is 4.79 Å². The van der Waals surface area contributed by atoms with Gasteiger partial charge < -0.3 is 24.4 Å². The molecule has 0 aliphatic carbocycles. The fourth-order valence-electron chi connectivity index (χ4n) is 3.39. The molecule has 0 aromatic heterocycles. The average Bonchev–Trinajstić information content (AvgIpc) is 2.77. The van der Waals surface area contributed by atoms with Gasteiger partial charge in [-0.05, 0) is 24.5 Å². The van der Waals surface area contributed by atoms with E-state index in [-0.39, 0.29) is 48.6 Å². The molecule has 31 heavy (non-hydrogen) atoms. The van der Waals surface area contributed by atoms with Gasteiger partial charge in [-0.1, -0.05) is 13.8 Å². The van der Waals surface area contributed by atoms with Gasteiger partial charge in [0.1, 0.15) is 22.4 Å². The van der Waals surface area contributed by atoms with Gasteiger partial charge in [0.15, 0.2) is 0 Å². The highest BCUT2D eigenvalue weighted by molar-refractivity contribution is 7.89. The zero-order valence-electron chi connectivity index (χ0n) is 18.6. The molecule has 2 rings (SSSR count). The molecule has 1 aliphatic rings. The minimum Gasteiger partial charge on any atom is -0.497 e. The SMILES string of the molecule is COC(=O)NC(CC(C)C)C(=O)N1CCN(S(=O)(=O)c2cc(OC)ccc2OC)CC1. The van der Waals surface area contributed by atoms with Crippen molar-refractivity contribution in [2.45, 2.75) is 31.2 Å². The molecular weight excluding hydrogens is 426 g/mol. The highest BCUT2D eigenvalue weighted by atomic mass is 32.2. The van der Waals surface area contributed by atoms with Crippen LogP contribution in [0.3, 0.4) is 0 Å². The molecule has 0 spiro atoms. The summed E-state index contributed by atoms with van der Waals surface area (Å²) in [6.07, 6.45) is -0.224. The van der Waals surface area contributed by atoms with Gasteiger partial charge in [0.25, 0.3) is 0 Å². The predicted octanol–water partition coefficient (Wildman–Crippen LogP) is 1.31. The first-order valence-electron chi connectivity index (χ1n) is 9.99. The summed E-state index contributed by atoms with van der Waals surface area (Å²) < 4.78 is 42.7. The maximum atomic E-state index is 13.2. The molecule has 174 valence electrons. The Kier molecular flexibility index (Phi) is 8.52. The molecule has 2 amide bonds. The van der Waals surface area contributed by atoms with E-state index in [2.05, 4.69) is 10.1 Å². The number of benzene rings is 1. The second-order valence-electron chi connectivity index (χ2n) is 7.56. The molecule has 0 radical (unpaired) electrons. The van der Waals surface area contributed by atoms with Crippen LogP contribution in [0.25, 0.3) is 0 Å². The van der Waals surface area contributed by atoms with Crippen molar-refractivity contribution in [3.63, 3.8) is 0 Å². The largest absolute Gasteiger partial charge is 0.497 e. The van der Waals surface area contributed by atoms with Gasteiger partial charge in [0.2, 0.25) is 15.9 Å². The zero-order chi connectivity index (χ0) is 23.2. The predicted molar refractivity (Wildman–Crippen MR) is 114 cm³/mol. The Hall–Kier alpha value is -2.53. The minimum absolute atomic E-state index is 0.0131. The number of sulfonamides is 1. The number of hydrogen-bond acceptors (Lipinski definition) is 7. The monoisotopic (exact) mass is 457 g/mol. The van der Waals surface area contributed by atoms with Gasteiger partial charge in [-0.3, -0.25) is 4.79 Å². The lowest BCUT2D eigenvalue weighted by molar-refractivity contribution is -0.135. The van der Waals surface area contributed by atoms with E-state index in [1.165, 1.54) is 31.7 Å². The van der Waals surface area contributed by atoms with Crippen molar-refractivity contribution in [3.05, 3.63) is 18.2 Å². The number of nitrogens with zero attached hydrogens (tertiary/aromatic N) is 2. The zero-order valence-corrected chi connectivity index (χ0v) is 19.4. The van der Waals surface area contributed by atoms with E-state index in [9.17, 15) is 18.0 Å². The molecule has 1 heterocycles. The van der Waals surface area contributed by atoms with Gasteiger partial charge in [0, 0.05) is 32.2 Å². The molecule has 10 nitrogen and oxygen atoms in total. The normalized spacial score (nSPS) is 16.0. The molecule has 1 N–H and O–H groups in total. The topological polar surface area (TPSA) is 114 Å². The molecule has 0 saturated carbocycles. The van der Waals surface area contributed by atoms with Crippen molar-refractivity contribution in [3.8, 4) is 11.5 Å². The molecule has 11 heteroatoms. The van der Waals surface area contributed by atoms with Crippen LogP contribution in [-0.2, 0) is 19.6 Å². The third-order valence-corrected chi connectivity index (χ3v) is 6.94. The van der Waals surface area contributed by atoms with E-state index in [0.29, 0.717) is 12.2 Å². The van der Waals surface area contributed by atoms with Crippen LogP contribution in [0.15, 0.2) is 23.1 Å². The Bertz CT molecular complexity index is 881. The number of piperazine rings is 1. The molecule has 1 aromatic rings. The number of carbonyl (C=O) groups excluding carboxylic acids is 2. The van der Waals surface area contributed by atoms with Gasteiger partial charge in [-0.15, -0.1) is 0 Å². The van der Waals surface area contributed by atoms with E-state index in [4.69, 9.17) is 9.47 Å². The van der Waals surface area contributed by atoms with Crippen LogP contribution in [0, 0.1) is 5.92 Å². The third-order valence-electron chi connectivity index (χ3n) is 5.02. The lowest BCUT2D eigenvalue weighted by Gasteiger charge is -2.36. The van der Waals surface area contributed by atoms with E-state index >= 15 is 0 Å². The maximum absolute atomic E-state index is 13.2. The summed E-state index contributed by atoms with van der Waals surface area (Å²) in [5.74, 6) is 0.542. The van der Waals surface area contributed by atoms with Crippen LogP contribution < -0.4 is 14.8 Å². The Morgan fingerprint density at radius 3 is 2.23 bits per heavy atom. The highest BCUT2D eigenvalue weighted by Gasteiger charge is 2.35. The van der Waals surface area contributed by atoms with Crippen LogP contribution in [0.1, 0.15) is 20.3 Å². The number of methoxy groups -OCH3 is 3. The number of nitrogens with one attached hydrogen (secondary N) is 1. The van der Waals surface area contributed by atoms with Crippen LogP contribution in [-0.4, -0.2) is 83.2 Å². The van der Waals surface area contributed by atoms with Crippen molar-refractivity contribution in [2.24, 2.45) is 5.92 Å². The quantitative estimate of drug-likeness (QED) is 0.626. The Morgan fingerprint density at radius 1 is 1.06 bits per heavy atom. The number of hydrogen-bond donors (Lipinski definition) is 1. The number of carbonyl (C=O) groups is 2. The minimum atomic E-state index is -3.85. The Morgan fingerprint density at radius 2 is 1.71 bits per heavy atom. The summed E-state index contributed by atoms with van der Waals surface area (Å²) in [4.78, 5) is 26.2. The second-order valence-corrected chi connectivity index (χ2v) is 9.47. The number of alkyl carbamates (subject to hydrolysis) is 1.